The predicted molar refractivity (Wildman–Crippen MR) is 89.6 cm³/mol. The molecule has 2 aromatic rings. The van der Waals surface area contributed by atoms with Gasteiger partial charge in [-0.3, -0.25) is 4.79 Å². The third kappa shape index (κ3) is 2.95. The molecule has 0 saturated heterocycles. The molecule has 3 rings (SSSR count). The van der Waals surface area contributed by atoms with Crippen molar-refractivity contribution >= 4 is 33.2 Å². The lowest BCUT2D eigenvalue weighted by Gasteiger charge is -2.19. The maximum absolute atomic E-state index is 12.4. The molecule has 1 aliphatic rings. The third-order valence-electron chi connectivity index (χ3n) is 3.90. The second kappa shape index (κ2) is 5.90. The van der Waals surface area contributed by atoms with Crippen molar-refractivity contribution < 1.29 is 4.79 Å². The fraction of sp³-hybridized carbons (Fsp3) is 0.235. The summed E-state index contributed by atoms with van der Waals surface area (Å²) in [5.74, 6) is -0.154. The van der Waals surface area contributed by atoms with Gasteiger partial charge in [-0.05, 0) is 61.1 Å². The average molecular weight is 345 g/mol. The van der Waals surface area contributed by atoms with Crippen molar-refractivity contribution in [3.63, 3.8) is 0 Å². The van der Waals surface area contributed by atoms with Crippen molar-refractivity contribution in [2.75, 3.05) is 11.1 Å². The summed E-state index contributed by atoms with van der Waals surface area (Å²) in [4.78, 5) is 12.4. The molecular formula is C17H17BrN2O. The number of benzene rings is 2. The Kier molecular flexibility index (Phi) is 3.97. The maximum Gasteiger partial charge on any atom is 0.257 e. The van der Waals surface area contributed by atoms with Crippen LogP contribution in [0.2, 0.25) is 0 Å². The second-order valence-electron chi connectivity index (χ2n) is 5.34. The zero-order chi connectivity index (χ0) is 14.8. The van der Waals surface area contributed by atoms with Crippen molar-refractivity contribution in [1.82, 2.24) is 0 Å². The molecule has 0 atom stereocenters. The molecule has 0 aliphatic heterocycles. The van der Waals surface area contributed by atoms with Crippen LogP contribution in [0.15, 0.2) is 40.9 Å². The fourth-order valence-electron chi connectivity index (χ4n) is 2.83. The molecule has 3 N–H and O–H groups in total. The minimum atomic E-state index is -0.154. The number of carbonyl (C=O) groups is 1. The van der Waals surface area contributed by atoms with Gasteiger partial charge < -0.3 is 11.1 Å². The van der Waals surface area contributed by atoms with E-state index in [1.54, 1.807) is 12.1 Å². The summed E-state index contributed by atoms with van der Waals surface area (Å²) >= 11 is 3.35. The number of halogens is 1. The summed E-state index contributed by atoms with van der Waals surface area (Å²) in [7, 11) is 0. The SMILES string of the molecule is Nc1cc(Br)ccc1C(=O)Nc1cccc2c1CCCC2. The van der Waals surface area contributed by atoms with Crippen LogP contribution in [-0.4, -0.2) is 5.91 Å². The van der Waals surface area contributed by atoms with Crippen LogP contribution in [0.4, 0.5) is 11.4 Å². The summed E-state index contributed by atoms with van der Waals surface area (Å²) < 4.78 is 0.869. The zero-order valence-electron chi connectivity index (χ0n) is 11.7. The molecule has 1 aliphatic carbocycles. The molecule has 0 fully saturated rings. The number of amides is 1. The van der Waals surface area contributed by atoms with Gasteiger partial charge in [-0.15, -0.1) is 0 Å². The van der Waals surface area contributed by atoms with Gasteiger partial charge in [0.1, 0.15) is 0 Å². The highest BCUT2D eigenvalue weighted by Gasteiger charge is 2.16. The Morgan fingerprint density at radius 1 is 1.14 bits per heavy atom. The molecule has 0 aromatic heterocycles. The zero-order valence-corrected chi connectivity index (χ0v) is 13.2. The molecule has 3 nitrogen and oxygen atoms in total. The topological polar surface area (TPSA) is 55.1 Å². The van der Waals surface area contributed by atoms with Crippen LogP contribution in [0, 0.1) is 0 Å². The van der Waals surface area contributed by atoms with Crippen molar-refractivity contribution in [2.45, 2.75) is 25.7 Å². The number of aryl methyl sites for hydroxylation is 1. The number of fused-ring (bicyclic) bond motifs is 1. The highest BCUT2D eigenvalue weighted by Crippen LogP contribution is 2.28. The lowest BCUT2D eigenvalue weighted by Crippen LogP contribution is -2.16. The minimum absolute atomic E-state index is 0.154. The van der Waals surface area contributed by atoms with Crippen molar-refractivity contribution in [3.05, 3.63) is 57.6 Å². The van der Waals surface area contributed by atoms with Gasteiger partial charge in [0.15, 0.2) is 0 Å². The van der Waals surface area contributed by atoms with Gasteiger partial charge in [0.2, 0.25) is 0 Å². The van der Waals surface area contributed by atoms with Crippen LogP contribution < -0.4 is 11.1 Å². The number of hydrogen-bond donors (Lipinski definition) is 2. The van der Waals surface area contributed by atoms with Crippen LogP contribution in [0.1, 0.15) is 34.3 Å². The van der Waals surface area contributed by atoms with E-state index in [1.165, 1.54) is 24.0 Å². The Morgan fingerprint density at radius 3 is 2.76 bits per heavy atom. The monoisotopic (exact) mass is 344 g/mol. The van der Waals surface area contributed by atoms with Gasteiger partial charge in [0, 0.05) is 15.8 Å². The Morgan fingerprint density at radius 2 is 1.95 bits per heavy atom. The molecular weight excluding hydrogens is 328 g/mol. The molecule has 0 bridgehead atoms. The molecule has 2 aromatic carbocycles. The van der Waals surface area contributed by atoms with E-state index in [1.807, 2.05) is 18.2 Å². The number of nitrogens with one attached hydrogen (secondary N) is 1. The van der Waals surface area contributed by atoms with Crippen molar-refractivity contribution in [2.24, 2.45) is 0 Å². The molecule has 0 radical (unpaired) electrons. The normalized spacial score (nSPS) is 13.6. The summed E-state index contributed by atoms with van der Waals surface area (Å²) in [5.41, 5.74) is 10.4. The molecule has 0 unspecified atom stereocenters. The highest BCUT2D eigenvalue weighted by atomic mass is 79.9. The van der Waals surface area contributed by atoms with E-state index < -0.39 is 0 Å². The van der Waals surface area contributed by atoms with Gasteiger partial charge >= 0.3 is 0 Å². The van der Waals surface area contributed by atoms with Crippen LogP contribution in [0.25, 0.3) is 0 Å². The lowest BCUT2D eigenvalue weighted by atomic mass is 9.90. The van der Waals surface area contributed by atoms with E-state index >= 15 is 0 Å². The van der Waals surface area contributed by atoms with Gasteiger partial charge in [0.25, 0.3) is 5.91 Å². The minimum Gasteiger partial charge on any atom is -0.398 e. The quantitative estimate of drug-likeness (QED) is 0.803. The predicted octanol–water partition coefficient (Wildman–Crippen LogP) is 4.16. The number of nitrogen functional groups attached to an aromatic ring is 1. The fourth-order valence-corrected chi connectivity index (χ4v) is 3.21. The van der Waals surface area contributed by atoms with Gasteiger partial charge in [-0.25, -0.2) is 0 Å². The van der Waals surface area contributed by atoms with Gasteiger partial charge in [-0.1, -0.05) is 28.1 Å². The first-order valence-electron chi connectivity index (χ1n) is 7.12. The molecule has 21 heavy (non-hydrogen) atoms. The Hall–Kier alpha value is -1.81. The summed E-state index contributed by atoms with van der Waals surface area (Å²) in [5, 5.41) is 3.01. The number of carbonyl (C=O) groups excluding carboxylic acids is 1. The largest absolute Gasteiger partial charge is 0.398 e. The standard InChI is InChI=1S/C17H17BrN2O/c18-12-8-9-14(15(19)10-12)17(21)20-16-7-3-5-11-4-1-2-6-13(11)16/h3,5,7-10H,1-2,4,6,19H2,(H,20,21). The third-order valence-corrected chi connectivity index (χ3v) is 4.40. The molecule has 1 amide bonds. The first kappa shape index (κ1) is 14.1. The Bertz CT molecular complexity index is 697. The summed E-state index contributed by atoms with van der Waals surface area (Å²) in [6.45, 7) is 0. The molecule has 0 spiro atoms. The average Bonchev–Trinajstić information content (AvgIpc) is 2.47. The van der Waals surface area contributed by atoms with E-state index in [4.69, 9.17) is 5.73 Å². The number of hydrogen-bond acceptors (Lipinski definition) is 2. The first-order valence-corrected chi connectivity index (χ1v) is 7.91. The van der Waals surface area contributed by atoms with E-state index in [0.29, 0.717) is 11.3 Å². The molecule has 0 heterocycles. The van der Waals surface area contributed by atoms with E-state index in [9.17, 15) is 4.79 Å². The van der Waals surface area contributed by atoms with Crippen molar-refractivity contribution in [1.29, 1.82) is 0 Å². The maximum atomic E-state index is 12.4. The second-order valence-corrected chi connectivity index (χ2v) is 6.25. The first-order chi connectivity index (χ1) is 10.1. The summed E-state index contributed by atoms with van der Waals surface area (Å²) in [6, 6.07) is 11.4. The Labute approximate surface area is 132 Å². The Balaban J connectivity index is 1.88. The van der Waals surface area contributed by atoms with Crippen LogP contribution in [0.5, 0.6) is 0 Å². The van der Waals surface area contributed by atoms with Crippen LogP contribution in [0.3, 0.4) is 0 Å². The molecule has 108 valence electrons. The highest BCUT2D eigenvalue weighted by molar-refractivity contribution is 9.10. The number of anilines is 2. The van der Waals surface area contributed by atoms with Gasteiger partial charge in [0.05, 0.1) is 5.56 Å². The van der Waals surface area contributed by atoms with Gasteiger partial charge in [-0.2, -0.15) is 0 Å². The van der Waals surface area contributed by atoms with Crippen LogP contribution in [-0.2, 0) is 12.8 Å². The number of nitrogens with two attached hydrogens (primary N) is 1. The van der Waals surface area contributed by atoms with E-state index in [2.05, 4.69) is 27.3 Å². The van der Waals surface area contributed by atoms with Crippen LogP contribution >= 0.6 is 15.9 Å². The lowest BCUT2D eigenvalue weighted by molar-refractivity contribution is 0.102. The van der Waals surface area contributed by atoms with E-state index in [0.717, 1.165) is 23.0 Å². The molecule has 4 heteroatoms. The smallest absolute Gasteiger partial charge is 0.257 e. The van der Waals surface area contributed by atoms with Crippen molar-refractivity contribution in [3.8, 4) is 0 Å². The number of rotatable bonds is 2. The summed E-state index contributed by atoms with van der Waals surface area (Å²) in [6.07, 6.45) is 4.53. The molecule has 0 saturated carbocycles. The van der Waals surface area contributed by atoms with E-state index in [-0.39, 0.29) is 5.91 Å².